The third kappa shape index (κ3) is 15.5. The fraction of sp³-hybridized carbons (Fsp3) is 0.583. The number of carbonyl (C=O) groups is 1. The van der Waals surface area contributed by atoms with Crippen molar-refractivity contribution in [3.05, 3.63) is 65.4 Å². The number of aliphatic hydroxyl groups is 1. The number of Topliss-reactive ketones (excluding diaryl/α,β-unsaturated/α-hetero) is 1. The summed E-state index contributed by atoms with van der Waals surface area (Å²) in [4.78, 5) is 15.3. The zero-order chi connectivity index (χ0) is 31.0. The molecule has 0 bridgehead atoms. The number of thioether (sulfide) groups is 1. The fourth-order valence-corrected chi connectivity index (χ4v) is 4.78. The standard InChI is InChI=1S/C16H22N2OS.C10H14.C5H12O.C5H12/c1-4-13-16(12-7-5-6-8-15(12)17-13)18-14(11(2)19)9-10-20-3;1-3-9-7-5-6-8-10(9)4-2;1-3-5(6)4-2;1-3-5-4-2/h5-8,14,17-18H,4,9-10H2,1-3H3;5-8H,3-4H2,1-2H3;5-6H,3-4H2,1-2H3;3-5H2,1-2H3/t14-;;;/m0.../s1. The first-order valence-electron chi connectivity index (χ1n) is 15.9. The average molecular weight is 585 g/mol. The van der Waals surface area contributed by atoms with E-state index in [0.717, 1.165) is 55.5 Å². The highest BCUT2D eigenvalue weighted by molar-refractivity contribution is 7.98. The molecule has 0 fully saturated rings. The fourth-order valence-electron chi connectivity index (χ4n) is 4.30. The van der Waals surface area contributed by atoms with Gasteiger partial charge < -0.3 is 15.4 Å². The highest BCUT2D eigenvalue weighted by atomic mass is 32.2. The van der Waals surface area contributed by atoms with Crippen molar-refractivity contribution >= 4 is 34.1 Å². The van der Waals surface area contributed by atoms with Gasteiger partial charge in [0.2, 0.25) is 0 Å². The third-order valence-electron chi connectivity index (χ3n) is 7.09. The molecule has 0 saturated carbocycles. The van der Waals surface area contributed by atoms with E-state index in [4.69, 9.17) is 5.11 Å². The van der Waals surface area contributed by atoms with Gasteiger partial charge in [-0.25, -0.2) is 0 Å². The number of rotatable bonds is 13. The van der Waals surface area contributed by atoms with E-state index in [1.54, 1.807) is 18.7 Å². The number of unbranched alkanes of at least 4 members (excludes halogenated alkanes) is 2. The normalized spacial score (nSPS) is 11.0. The lowest BCUT2D eigenvalue weighted by atomic mass is 10.0. The molecule has 0 spiro atoms. The van der Waals surface area contributed by atoms with Gasteiger partial charge >= 0.3 is 0 Å². The van der Waals surface area contributed by atoms with Crippen molar-refractivity contribution in [3.8, 4) is 0 Å². The number of aromatic nitrogens is 1. The van der Waals surface area contributed by atoms with Crippen molar-refractivity contribution < 1.29 is 9.90 Å². The molecule has 232 valence electrons. The second-order valence-corrected chi connectivity index (χ2v) is 11.3. The van der Waals surface area contributed by atoms with Crippen LogP contribution >= 0.6 is 11.8 Å². The molecular formula is C36H60N2O2S. The molecule has 0 aliphatic carbocycles. The first-order valence-corrected chi connectivity index (χ1v) is 17.3. The Morgan fingerprint density at radius 1 is 0.854 bits per heavy atom. The van der Waals surface area contributed by atoms with Crippen molar-refractivity contribution in [2.45, 2.75) is 125 Å². The van der Waals surface area contributed by atoms with Crippen LogP contribution in [0, 0.1) is 0 Å². The molecule has 0 unspecified atom stereocenters. The second-order valence-electron chi connectivity index (χ2n) is 10.3. The van der Waals surface area contributed by atoms with Gasteiger partial charge in [-0.05, 0) is 74.7 Å². The number of fused-ring (bicyclic) bond motifs is 1. The summed E-state index contributed by atoms with van der Waals surface area (Å²) in [6.45, 7) is 16.6. The van der Waals surface area contributed by atoms with Crippen molar-refractivity contribution in [2.75, 3.05) is 17.3 Å². The van der Waals surface area contributed by atoms with Crippen LogP contribution in [0.15, 0.2) is 48.5 Å². The molecule has 5 heteroatoms. The highest BCUT2D eigenvalue weighted by Crippen LogP contribution is 2.29. The van der Waals surface area contributed by atoms with Crippen molar-refractivity contribution in [3.63, 3.8) is 0 Å². The summed E-state index contributed by atoms with van der Waals surface area (Å²) in [5.74, 6) is 1.19. The second kappa shape index (κ2) is 24.4. The smallest absolute Gasteiger partial charge is 0.151 e. The third-order valence-corrected chi connectivity index (χ3v) is 7.73. The van der Waals surface area contributed by atoms with Crippen LogP contribution in [0.3, 0.4) is 0 Å². The molecule has 1 heterocycles. The monoisotopic (exact) mass is 584 g/mol. The Morgan fingerprint density at radius 2 is 1.39 bits per heavy atom. The summed E-state index contributed by atoms with van der Waals surface area (Å²) in [6, 6.07) is 16.8. The lowest BCUT2D eigenvalue weighted by Gasteiger charge is -2.17. The Bertz CT molecular complexity index is 1030. The zero-order valence-corrected chi connectivity index (χ0v) is 28.4. The number of aryl methyl sites for hydroxylation is 3. The number of hydrogen-bond acceptors (Lipinski definition) is 4. The van der Waals surface area contributed by atoms with Gasteiger partial charge in [-0.3, -0.25) is 4.79 Å². The van der Waals surface area contributed by atoms with Crippen molar-refractivity contribution in [1.82, 2.24) is 4.98 Å². The van der Waals surface area contributed by atoms with E-state index in [2.05, 4.69) is 87.6 Å². The summed E-state index contributed by atoms with van der Waals surface area (Å²) >= 11 is 1.77. The summed E-state index contributed by atoms with van der Waals surface area (Å²) in [7, 11) is 0. The zero-order valence-electron chi connectivity index (χ0n) is 27.6. The van der Waals surface area contributed by atoms with Crippen LogP contribution in [0.2, 0.25) is 0 Å². The molecule has 1 aromatic heterocycles. The minimum absolute atomic E-state index is 0.0648. The van der Waals surface area contributed by atoms with Gasteiger partial charge in [0.05, 0.1) is 17.8 Å². The topological polar surface area (TPSA) is 65.1 Å². The van der Waals surface area contributed by atoms with Crippen LogP contribution in [0.4, 0.5) is 5.69 Å². The molecule has 3 rings (SSSR count). The van der Waals surface area contributed by atoms with Gasteiger partial charge in [0, 0.05) is 16.6 Å². The highest BCUT2D eigenvalue weighted by Gasteiger charge is 2.18. The van der Waals surface area contributed by atoms with Gasteiger partial charge in [-0.2, -0.15) is 11.8 Å². The quantitative estimate of drug-likeness (QED) is 0.187. The van der Waals surface area contributed by atoms with Crippen molar-refractivity contribution in [1.29, 1.82) is 0 Å². The van der Waals surface area contributed by atoms with E-state index in [9.17, 15) is 4.79 Å². The Labute approximate surface area is 256 Å². The molecule has 4 nitrogen and oxygen atoms in total. The predicted octanol–water partition coefficient (Wildman–Crippen LogP) is 10.0. The van der Waals surface area contributed by atoms with E-state index in [-0.39, 0.29) is 17.9 Å². The molecule has 0 aliphatic heterocycles. The number of para-hydroxylation sites is 1. The minimum atomic E-state index is -0.105. The van der Waals surface area contributed by atoms with Crippen LogP contribution in [0.25, 0.3) is 10.9 Å². The molecule has 0 amide bonds. The molecule has 0 radical (unpaired) electrons. The average Bonchev–Trinajstić information content (AvgIpc) is 3.37. The van der Waals surface area contributed by atoms with Crippen molar-refractivity contribution in [2.24, 2.45) is 0 Å². The van der Waals surface area contributed by atoms with E-state index >= 15 is 0 Å². The number of carbonyl (C=O) groups excluding carboxylic acids is 1. The molecule has 2 aromatic carbocycles. The molecule has 0 aliphatic rings. The maximum atomic E-state index is 11.8. The van der Waals surface area contributed by atoms with Gasteiger partial charge in [0.1, 0.15) is 0 Å². The number of aliphatic hydroxyl groups excluding tert-OH is 1. The summed E-state index contributed by atoms with van der Waals surface area (Å²) in [6.07, 6.45) is 11.9. The number of benzene rings is 2. The molecule has 3 N–H and O–H groups in total. The number of aromatic amines is 1. The predicted molar refractivity (Wildman–Crippen MR) is 186 cm³/mol. The van der Waals surface area contributed by atoms with Crippen LogP contribution in [-0.4, -0.2) is 40.0 Å². The van der Waals surface area contributed by atoms with Crippen LogP contribution in [0.1, 0.15) is 111 Å². The molecule has 1 atom stereocenters. The molecular weight excluding hydrogens is 524 g/mol. The first kappa shape index (κ1) is 38.8. The molecule has 41 heavy (non-hydrogen) atoms. The SMILES string of the molecule is CCC(O)CC.CCCCC.CCc1[nH]c2ccccc2c1N[C@@H](CCSC)C(C)=O.CCc1ccccc1CC. The number of nitrogens with one attached hydrogen (secondary N) is 2. The largest absolute Gasteiger partial charge is 0.393 e. The summed E-state index contributed by atoms with van der Waals surface area (Å²) in [5.41, 5.74) is 6.36. The molecule has 0 saturated heterocycles. The van der Waals surface area contributed by atoms with E-state index in [0.29, 0.717) is 0 Å². The number of H-pyrrole nitrogens is 1. The Balaban J connectivity index is 0.000000631. The summed E-state index contributed by atoms with van der Waals surface area (Å²) < 4.78 is 0. The van der Waals surface area contributed by atoms with Crippen LogP contribution in [-0.2, 0) is 24.1 Å². The van der Waals surface area contributed by atoms with Gasteiger partial charge in [-0.1, -0.05) is 110 Å². The van der Waals surface area contributed by atoms with Gasteiger partial charge in [0.15, 0.2) is 5.78 Å². The summed E-state index contributed by atoms with van der Waals surface area (Å²) in [5, 5.41) is 13.3. The number of anilines is 1. The number of ketones is 1. The number of hydrogen-bond donors (Lipinski definition) is 3. The lowest BCUT2D eigenvalue weighted by molar-refractivity contribution is -0.117. The van der Waals surface area contributed by atoms with E-state index < -0.39 is 0 Å². The van der Waals surface area contributed by atoms with E-state index in [1.165, 1.54) is 41.5 Å². The van der Waals surface area contributed by atoms with Gasteiger partial charge in [0.25, 0.3) is 0 Å². The Kier molecular flexibility index (Phi) is 23.0. The maximum absolute atomic E-state index is 11.8. The Hall–Kier alpha value is -2.24. The van der Waals surface area contributed by atoms with E-state index in [1.807, 2.05) is 26.0 Å². The van der Waals surface area contributed by atoms with Crippen LogP contribution in [0.5, 0.6) is 0 Å². The molecule has 3 aromatic rings. The van der Waals surface area contributed by atoms with Crippen LogP contribution < -0.4 is 5.32 Å². The first-order chi connectivity index (χ1) is 19.8. The minimum Gasteiger partial charge on any atom is -0.393 e. The van der Waals surface area contributed by atoms with Gasteiger partial charge in [-0.15, -0.1) is 0 Å². The Morgan fingerprint density at radius 3 is 1.78 bits per heavy atom. The maximum Gasteiger partial charge on any atom is 0.151 e. The lowest BCUT2D eigenvalue weighted by Crippen LogP contribution is -2.28.